The van der Waals surface area contributed by atoms with Crippen LogP contribution in [0.5, 0.6) is 0 Å². The molecule has 0 saturated carbocycles. The number of aliphatic carboxylic acids is 1. The predicted octanol–water partition coefficient (Wildman–Crippen LogP) is 5.03. The molecule has 0 amide bonds. The van der Waals surface area contributed by atoms with Gasteiger partial charge in [0.15, 0.2) is 0 Å². The molecule has 0 spiro atoms. The zero-order chi connectivity index (χ0) is 28.6. The second-order valence-electron chi connectivity index (χ2n) is 10.4. The number of rotatable bonds is 6. The molecule has 212 valence electrons. The summed E-state index contributed by atoms with van der Waals surface area (Å²) in [5.41, 5.74) is 0.430. The van der Waals surface area contributed by atoms with Crippen molar-refractivity contribution in [3.05, 3.63) is 59.5 Å². The van der Waals surface area contributed by atoms with Crippen LogP contribution >= 0.6 is 0 Å². The molecule has 0 radical (unpaired) electrons. The number of aromatic nitrogens is 3. The van der Waals surface area contributed by atoms with Crippen LogP contribution in [0.1, 0.15) is 37.8 Å². The zero-order valence-electron chi connectivity index (χ0n) is 22.2. The standard InChI is InChI=1S/C28H30F4N6O2/c1-17-4-3-9-38(17)27-34-23(20-5-7-21(29)8-6-20)14-24(35-27)37-11-10-36(16-18(37)2)26-22(28(30,31)32)12-19(15-33-26)13-25(39)40/h5-8,12,14-15,17-18H,3-4,9-11,13,16H2,1-2H3,(H,39,40). The van der Waals surface area contributed by atoms with Crippen LogP contribution in [0, 0.1) is 5.82 Å². The summed E-state index contributed by atoms with van der Waals surface area (Å²) in [6, 6.07) is 8.83. The average molecular weight is 559 g/mol. The summed E-state index contributed by atoms with van der Waals surface area (Å²) >= 11 is 0. The maximum absolute atomic E-state index is 13.9. The van der Waals surface area contributed by atoms with Crippen molar-refractivity contribution in [2.45, 2.75) is 51.4 Å². The second kappa shape index (κ2) is 10.9. The van der Waals surface area contributed by atoms with Crippen LogP contribution in [0.4, 0.5) is 35.1 Å². The van der Waals surface area contributed by atoms with Gasteiger partial charge in [-0.25, -0.2) is 14.4 Å². The van der Waals surface area contributed by atoms with Crippen molar-refractivity contribution in [2.24, 2.45) is 0 Å². The zero-order valence-corrected chi connectivity index (χ0v) is 22.2. The van der Waals surface area contributed by atoms with Crippen molar-refractivity contribution >= 4 is 23.6 Å². The van der Waals surface area contributed by atoms with Gasteiger partial charge in [0.1, 0.15) is 17.5 Å². The van der Waals surface area contributed by atoms with Crippen LogP contribution in [-0.4, -0.2) is 64.3 Å². The van der Waals surface area contributed by atoms with E-state index in [0.717, 1.165) is 31.0 Å². The van der Waals surface area contributed by atoms with Crippen LogP contribution in [0.3, 0.4) is 0 Å². The minimum absolute atomic E-state index is 0.00626. The molecular formula is C28H30F4N6O2. The van der Waals surface area contributed by atoms with Crippen molar-refractivity contribution < 1.29 is 27.5 Å². The van der Waals surface area contributed by atoms with E-state index >= 15 is 0 Å². The van der Waals surface area contributed by atoms with Crippen molar-refractivity contribution in [1.82, 2.24) is 15.0 Å². The van der Waals surface area contributed by atoms with E-state index in [9.17, 15) is 22.4 Å². The molecule has 4 heterocycles. The Hall–Kier alpha value is -3.96. The van der Waals surface area contributed by atoms with Crippen LogP contribution < -0.4 is 14.7 Å². The number of halogens is 4. The summed E-state index contributed by atoms with van der Waals surface area (Å²) in [6.07, 6.45) is -1.99. The number of hydrogen-bond donors (Lipinski definition) is 1. The molecule has 1 aromatic carbocycles. The lowest BCUT2D eigenvalue weighted by Crippen LogP contribution is -2.53. The van der Waals surface area contributed by atoms with E-state index in [2.05, 4.69) is 16.8 Å². The predicted molar refractivity (Wildman–Crippen MR) is 143 cm³/mol. The van der Waals surface area contributed by atoms with Crippen molar-refractivity contribution in [2.75, 3.05) is 40.9 Å². The molecule has 2 fully saturated rings. The first-order valence-electron chi connectivity index (χ1n) is 13.2. The van der Waals surface area contributed by atoms with E-state index in [-0.39, 0.29) is 42.4 Å². The third-order valence-corrected chi connectivity index (χ3v) is 7.46. The smallest absolute Gasteiger partial charge is 0.419 e. The number of pyridine rings is 1. The normalized spacial score (nSPS) is 19.8. The molecule has 8 nitrogen and oxygen atoms in total. The van der Waals surface area contributed by atoms with Gasteiger partial charge in [0.05, 0.1) is 17.7 Å². The molecule has 5 rings (SSSR count). The Morgan fingerprint density at radius 3 is 2.40 bits per heavy atom. The third-order valence-electron chi connectivity index (χ3n) is 7.46. The Balaban J connectivity index is 1.45. The summed E-state index contributed by atoms with van der Waals surface area (Å²) in [4.78, 5) is 30.5. The van der Waals surface area contributed by atoms with E-state index in [4.69, 9.17) is 15.1 Å². The van der Waals surface area contributed by atoms with Gasteiger partial charge in [0.25, 0.3) is 0 Å². The van der Waals surface area contributed by atoms with Gasteiger partial charge in [-0.3, -0.25) is 4.79 Å². The average Bonchev–Trinajstić information content (AvgIpc) is 3.33. The van der Waals surface area contributed by atoms with Gasteiger partial charge in [-0.1, -0.05) is 0 Å². The first kappa shape index (κ1) is 27.6. The molecule has 1 N–H and O–H groups in total. The highest BCUT2D eigenvalue weighted by Gasteiger charge is 2.38. The SMILES string of the molecule is CC1CN(c2ncc(CC(=O)O)cc2C(F)(F)F)CCN1c1cc(-c2ccc(F)cc2)nc(N2CCCC2C)n1. The Labute approximate surface area is 229 Å². The van der Waals surface area contributed by atoms with Gasteiger partial charge >= 0.3 is 12.1 Å². The Kier molecular flexibility index (Phi) is 7.52. The molecule has 2 unspecified atom stereocenters. The fraction of sp³-hybridized carbons (Fsp3) is 0.429. The fourth-order valence-electron chi connectivity index (χ4n) is 5.42. The highest BCUT2D eigenvalue weighted by molar-refractivity contribution is 5.70. The van der Waals surface area contributed by atoms with Gasteiger partial charge in [0.2, 0.25) is 5.95 Å². The van der Waals surface area contributed by atoms with E-state index in [1.165, 1.54) is 18.3 Å². The van der Waals surface area contributed by atoms with E-state index in [1.807, 2.05) is 17.9 Å². The van der Waals surface area contributed by atoms with Crippen molar-refractivity contribution in [3.8, 4) is 11.3 Å². The van der Waals surface area contributed by atoms with Crippen LogP contribution in [0.2, 0.25) is 0 Å². The van der Waals surface area contributed by atoms with Crippen LogP contribution in [0.25, 0.3) is 11.3 Å². The fourth-order valence-corrected chi connectivity index (χ4v) is 5.42. The first-order valence-corrected chi connectivity index (χ1v) is 13.2. The minimum Gasteiger partial charge on any atom is -0.481 e. The Morgan fingerprint density at radius 1 is 1.02 bits per heavy atom. The number of hydrogen-bond acceptors (Lipinski definition) is 7. The molecule has 0 aliphatic carbocycles. The number of carboxylic acid groups (broad SMARTS) is 1. The number of benzene rings is 1. The number of carbonyl (C=O) groups is 1. The summed E-state index contributed by atoms with van der Waals surface area (Å²) in [6.45, 7) is 5.74. The van der Waals surface area contributed by atoms with Gasteiger partial charge in [-0.2, -0.15) is 18.2 Å². The lowest BCUT2D eigenvalue weighted by molar-refractivity contribution is -0.138. The lowest BCUT2D eigenvalue weighted by atomic mass is 10.1. The molecule has 0 bridgehead atoms. The molecule has 40 heavy (non-hydrogen) atoms. The second-order valence-corrected chi connectivity index (χ2v) is 10.4. The molecule has 2 atom stereocenters. The highest BCUT2D eigenvalue weighted by atomic mass is 19.4. The largest absolute Gasteiger partial charge is 0.481 e. The summed E-state index contributed by atoms with van der Waals surface area (Å²) < 4.78 is 55.4. The number of nitrogens with zero attached hydrogens (tertiary/aromatic N) is 6. The molecular weight excluding hydrogens is 528 g/mol. The topological polar surface area (TPSA) is 85.7 Å². The maximum Gasteiger partial charge on any atom is 0.419 e. The van der Waals surface area contributed by atoms with Crippen molar-refractivity contribution in [3.63, 3.8) is 0 Å². The monoisotopic (exact) mass is 558 g/mol. The van der Waals surface area contributed by atoms with Gasteiger partial charge < -0.3 is 19.8 Å². The van der Waals surface area contributed by atoms with E-state index in [0.29, 0.717) is 24.0 Å². The molecule has 3 aromatic rings. The van der Waals surface area contributed by atoms with Crippen LogP contribution in [-0.2, 0) is 17.4 Å². The van der Waals surface area contributed by atoms with E-state index < -0.39 is 24.1 Å². The maximum atomic E-state index is 13.9. The number of anilines is 3. The molecule has 12 heteroatoms. The molecule has 2 aromatic heterocycles. The van der Waals surface area contributed by atoms with E-state index in [1.54, 1.807) is 17.0 Å². The molecule has 2 saturated heterocycles. The van der Waals surface area contributed by atoms with Gasteiger partial charge in [-0.05, 0) is 62.6 Å². The summed E-state index contributed by atoms with van der Waals surface area (Å²) in [7, 11) is 0. The Morgan fingerprint density at radius 2 is 1.77 bits per heavy atom. The van der Waals surface area contributed by atoms with Gasteiger partial charge in [0, 0.05) is 56.1 Å². The minimum atomic E-state index is -4.69. The number of alkyl halides is 3. The molecule has 2 aliphatic rings. The molecule has 2 aliphatic heterocycles. The summed E-state index contributed by atoms with van der Waals surface area (Å²) in [5, 5.41) is 9.00. The van der Waals surface area contributed by atoms with Crippen LogP contribution in [0.15, 0.2) is 42.6 Å². The lowest BCUT2D eigenvalue weighted by Gasteiger charge is -2.42. The third kappa shape index (κ3) is 5.80. The quantitative estimate of drug-likeness (QED) is 0.422. The first-order chi connectivity index (χ1) is 19.0. The van der Waals surface area contributed by atoms with Crippen molar-refractivity contribution in [1.29, 1.82) is 0 Å². The highest BCUT2D eigenvalue weighted by Crippen LogP contribution is 2.37. The number of carboxylic acids is 1. The number of piperazine rings is 1. The summed E-state index contributed by atoms with van der Waals surface area (Å²) in [5.74, 6) is -0.561. The van der Waals surface area contributed by atoms with Gasteiger partial charge in [-0.15, -0.1) is 0 Å². The Bertz CT molecular complexity index is 1380.